The summed E-state index contributed by atoms with van der Waals surface area (Å²) >= 11 is 0. The van der Waals surface area contributed by atoms with Gasteiger partial charge in [-0.1, -0.05) is 0 Å². The third-order valence-corrected chi connectivity index (χ3v) is 1.11. The minimum atomic E-state index is -1.14. The molecule has 0 atom stereocenters. The quantitative estimate of drug-likeness (QED) is 0.410. The van der Waals surface area contributed by atoms with Gasteiger partial charge >= 0.3 is 29.6 Å². The second-order valence-corrected chi connectivity index (χ2v) is 1.85. The molecular formula is C5H6N3NaO2. The molecule has 1 aromatic heterocycles. The molecule has 0 saturated carbocycles. The van der Waals surface area contributed by atoms with Crippen molar-refractivity contribution in [2.75, 3.05) is 0 Å². The molecule has 0 spiro atoms. The Bertz CT molecular complexity index is 248. The number of carbonyl (C=O) groups is 1. The smallest absolute Gasteiger partial charge is 0.550 e. The predicted octanol–water partition coefficient (Wildman–Crippen LogP) is -4.89. The summed E-state index contributed by atoms with van der Waals surface area (Å²) in [5.74, 6) is -0.740. The van der Waals surface area contributed by atoms with Crippen LogP contribution in [0.3, 0.4) is 0 Å². The summed E-state index contributed by atoms with van der Waals surface area (Å²) in [4.78, 5) is 13.7. The number of aromatic nitrogens is 3. The summed E-state index contributed by atoms with van der Waals surface area (Å²) in [6.07, 6.45) is 1.12. The third kappa shape index (κ3) is 3.00. The van der Waals surface area contributed by atoms with Crippen LogP contribution < -0.4 is 34.7 Å². The topological polar surface area (TPSA) is 70.8 Å². The molecule has 0 bridgehead atoms. The fourth-order valence-electron chi connectivity index (χ4n) is 0.609. The number of nitrogens with zero attached hydrogens (tertiary/aromatic N) is 3. The number of hydrogen-bond acceptors (Lipinski definition) is 4. The van der Waals surface area contributed by atoms with Crippen LogP contribution in [0.2, 0.25) is 0 Å². The van der Waals surface area contributed by atoms with Gasteiger partial charge in [-0.3, -0.25) is 4.68 Å². The normalized spacial score (nSPS) is 8.82. The summed E-state index contributed by atoms with van der Waals surface area (Å²) in [7, 11) is 1.63. The van der Waals surface area contributed by atoms with Gasteiger partial charge in [0.1, 0.15) is 12.2 Å². The van der Waals surface area contributed by atoms with Gasteiger partial charge in [0.15, 0.2) is 0 Å². The Balaban J connectivity index is 0.000001000. The third-order valence-electron chi connectivity index (χ3n) is 1.11. The first-order valence-electron chi connectivity index (χ1n) is 2.73. The van der Waals surface area contributed by atoms with Crippen molar-refractivity contribution in [2.45, 2.75) is 6.42 Å². The summed E-state index contributed by atoms with van der Waals surface area (Å²) in [5.41, 5.74) is 0. The van der Waals surface area contributed by atoms with Crippen LogP contribution in [0.25, 0.3) is 0 Å². The van der Waals surface area contributed by atoms with Crippen LogP contribution in [0.4, 0.5) is 0 Å². The van der Waals surface area contributed by atoms with Gasteiger partial charge in [0.25, 0.3) is 0 Å². The van der Waals surface area contributed by atoms with Gasteiger partial charge in [-0.2, -0.15) is 5.10 Å². The van der Waals surface area contributed by atoms with Crippen LogP contribution in [-0.2, 0) is 18.3 Å². The van der Waals surface area contributed by atoms with E-state index in [2.05, 4.69) is 10.1 Å². The van der Waals surface area contributed by atoms with Crippen molar-refractivity contribution in [3.8, 4) is 0 Å². The maximum atomic E-state index is 10.0. The molecule has 6 heteroatoms. The molecule has 0 radical (unpaired) electrons. The molecule has 0 aliphatic rings. The largest absolute Gasteiger partial charge is 1.00 e. The van der Waals surface area contributed by atoms with E-state index in [9.17, 15) is 9.90 Å². The van der Waals surface area contributed by atoms with Crippen molar-refractivity contribution in [3.05, 3.63) is 12.2 Å². The van der Waals surface area contributed by atoms with Gasteiger partial charge < -0.3 is 9.90 Å². The van der Waals surface area contributed by atoms with Crippen molar-refractivity contribution in [2.24, 2.45) is 7.05 Å². The first-order chi connectivity index (χ1) is 4.70. The number of carboxylic acids is 1. The van der Waals surface area contributed by atoms with E-state index in [1.807, 2.05) is 0 Å². The zero-order valence-electron chi connectivity index (χ0n) is 6.44. The van der Waals surface area contributed by atoms with Crippen LogP contribution >= 0.6 is 0 Å². The number of aliphatic carboxylic acids is 1. The maximum Gasteiger partial charge on any atom is 1.00 e. The maximum absolute atomic E-state index is 10.0. The first-order valence-corrected chi connectivity index (χ1v) is 2.73. The molecule has 0 unspecified atom stereocenters. The molecule has 11 heavy (non-hydrogen) atoms. The zero-order chi connectivity index (χ0) is 7.56. The number of aryl methyl sites for hydroxylation is 1. The monoisotopic (exact) mass is 163 g/mol. The fraction of sp³-hybridized carbons (Fsp3) is 0.400. The summed E-state index contributed by atoms with van der Waals surface area (Å²) in [6, 6.07) is 0. The van der Waals surface area contributed by atoms with Crippen LogP contribution in [-0.4, -0.2) is 20.7 Å². The van der Waals surface area contributed by atoms with E-state index in [-0.39, 0.29) is 36.0 Å². The Labute approximate surface area is 85.7 Å². The van der Waals surface area contributed by atoms with E-state index >= 15 is 0 Å². The fourth-order valence-corrected chi connectivity index (χ4v) is 0.609. The van der Waals surface area contributed by atoms with Gasteiger partial charge in [0.2, 0.25) is 0 Å². The van der Waals surface area contributed by atoms with Crippen LogP contribution in [0.5, 0.6) is 0 Å². The first kappa shape index (κ1) is 10.6. The van der Waals surface area contributed by atoms with Gasteiger partial charge in [0.05, 0.1) is 0 Å². The summed E-state index contributed by atoms with van der Waals surface area (Å²) in [6.45, 7) is 0. The molecule has 1 aromatic rings. The van der Waals surface area contributed by atoms with Crippen molar-refractivity contribution >= 4 is 5.97 Å². The molecule has 0 aliphatic heterocycles. The molecule has 1 rings (SSSR count). The van der Waals surface area contributed by atoms with Crippen molar-refractivity contribution in [1.82, 2.24) is 14.8 Å². The van der Waals surface area contributed by atoms with Gasteiger partial charge in [-0.25, -0.2) is 4.98 Å². The van der Waals surface area contributed by atoms with E-state index in [0.29, 0.717) is 5.82 Å². The predicted molar refractivity (Wildman–Crippen MR) is 29.7 cm³/mol. The van der Waals surface area contributed by atoms with Gasteiger partial charge in [-0.15, -0.1) is 0 Å². The standard InChI is InChI=1S/C5H7N3O2.Na/c1-8-4(2-5(9)10)6-3-7-8;/h3H,2H2,1H3,(H,9,10);/q;+1/p-1. The van der Waals surface area contributed by atoms with Crippen molar-refractivity contribution < 1.29 is 39.5 Å². The number of carboxylic acid groups (broad SMARTS) is 1. The Morgan fingerprint density at radius 1 is 1.82 bits per heavy atom. The Kier molecular flexibility index (Phi) is 4.32. The summed E-state index contributed by atoms with van der Waals surface area (Å²) < 4.78 is 1.40. The molecule has 0 saturated heterocycles. The average Bonchev–Trinajstić information content (AvgIpc) is 2.15. The molecule has 54 valence electrons. The van der Waals surface area contributed by atoms with E-state index in [1.54, 1.807) is 7.05 Å². The van der Waals surface area contributed by atoms with E-state index in [0.717, 1.165) is 0 Å². The molecule has 0 amide bonds. The zero-order valence-corrected chi connectivity index (χ0v) is 8.44. The van der Waals surface area contributed by atoms with E-state index in [1.165, 1.54) is 11.0 Å². The molecule has 0 fully saturated rings. The van der Waals surface area contributed by atoms with Crippen LogP contribution in [0, 0.1) is 0 Å². The van der Waals surface area contributed by atoms with E-state index in [4.69, 9.17) is 0 Å². The van der Waals surface area contributed by atoms with E-state index < -0.39 is 5.97 Å². The molecule has 0 aliphatic carbocycles. The second-order valence-electron chi connectivity index (χ2n) is 1.85. The number of rotatable bonds is 2. The minimum absolute atomic E-state index is 0. The Hall–Kier alpha value is -0.390. The average molecular weight is 163 g/mol. The minimum Gasteiger partial charge on any atom is -0.550 e. The van der Waals surface area contributed by atoms with Gasteiger partial charge in [0, 0.05) is 19.4 Å². The van der Waals surface area contributed by atoms with Crippen molar-refractivity contribution in [1.29, 1.82) is 0 Å². The second kappa shape index (κ2) is 4.48. The number of carbonyl (C=O) groups excluding carboxylic acids is 1. The number of hydrogen-bond donors (Lipinski definition) is 0. The van der Waals surface area contributed by atoms with Gasteiger partial charge in [-0.05, 0) is 0 Å². The Morgan fingerprint density at radius 2 is 2.45 bits per heavy atom. The van der Waals surface area contributed by atoms with Crippen molar-refractivity contribution in [3.63, 3.8) is 0 Å². The van der Waals surface area contributed by atoms with Crippen LogP contribution in [0.1, 0.15) is 5.82 Å². The molecule has 0 N–H and O–H groups in total. The Morgan fingerprint density at radius 3 is 2.82 bits per heavy atom. The summed E-state index contributed by atoms with van der Waals surface area (Å²) in [5, 5.41) is 13.7. The van der Waals surface area contributed by atoms with Crippen LogP contribution in [0.15, 0.2) is 6.33 Å². The molecule has 1 heterocycles. The molecule has 0 aromatic carbocycles. The molecule has 5 nitrogen and oxygen atoms in total. The SMILES string of the molecule is Cn1ncnc1CC(=O)[O-].[Na+]. The molecular weight excluding hydrogens is 157 g/mol.